The Hall–Kier alpha value is -0.670. The molecule has 5 nitrogen and oxygen atoms in total. The molecule has 0 atom stereocenters. The minimum absolute atomic E-state index is 0.544. The van der Waals surface area contributed by atoms with Gasteiger partial charge in [-0.1, -0.05) is 23.9 Å². The number of tetrazole rings is 1. The molecule has 0 aliphatic heterocycles. The van der Waals surface area contributed by atoms with Gasteiger partial charge in [0.2, 0.25) is 5.16 Å². The molecular formula is C10H12IN5S. The Morgan fingerprint density at radius 3 is 2.76 bits per heavy atom. The van der Waals surface area contributed by atoms with Gasteiger partial charge in [-0.25, -0.2) is 4.68 Å². The summed E-state index contributed by atoms with van der Waals surface area (Å²) >= 11 is 3.92. The first-order chi connectivity index (χ1) is 8.29. The molecule has 0 spiro atoms. The van der Waals surface area contributed by atoms with Crippen LogP contribution in [-0.2, 0) is 12.3 Å². The summed E-state index contributed by atoms with van der Waals surface area (Å²) in [6.07, 6.45) is 0. The smallest absolute Gasteiger partial charge is 0.209 e. The molecule has 90 valence electrons. The average molecular weight is 361 g/mol. The molecule has 0 saturated carbocycles. The van der Waals surface area contributed by atoms with Gasteiger partial charge in [-0.15, -0.1) is 5.10 Å². The van der Waals surface area contributed by atoms with Crippen LogP contribution in [0.5, 0.6) is 0 Å². The van der Waals surface area contributed by atoms with Crippen molar-refractivity contribution >= 4 is 34.4 Å². The topological polar surface area (TPSA) is 69.6 Å². The third kappa shape index (κ3) is 3.65. The zero-order chi connectivity index (χ0) is 12.1. The number of thioether (sulfide) groups is 1. The van der Waals surface area contributed by atoms with Crippen LogP contribution in [0.3, 0.4) is 0 Å². The fourth-order valence-electron chi connectivity index (χ4n) is 1.29. The molecule has 0 fully saturated rings. The SMILES string of the molecule is NCCn1nnnc1SCc1ccc(I)cc1. The van der Waals surface area contributed by atoms with Crippen LogP contribution in [-0.4, -0.2) is 26.8 Å². The lowest BCUT2D eigenvalue weighted by Crippen LogP contribution is -2.12. The normalized spacial score (nSPS) is 10.7. The quantitative estimate of drug-likeness (QED) is 0.646. The second-order valence-electron chi connectivity index (χ2n) is 3.39. The van der Waals surface area contributed by atoms with Crippen LogP contribution in [0.4, 0.5) is 0 Å². The van der Waals surface area contributed by atoms with Gasteiger partial charge in [0.1, 0.15) is 0 Å². The van der Waals surface area contributed by atoms with Gasteiger partial charge < -0.3 is 5.73 Å². The first-order valence-electron chi connectivity index (χ1n) is 5.13. The fraction of sp³-hybridized carbons (Fsp3) is 0.300. The van der Waals surface area contributed by atoms with Gasteiger partial charge >= 0.3 is 0 Å². The average Bonchev–Trinajstić information content (AvgIpc) is 2.77. The molecule has 2 aromatic rings. The molecule has 0 aliphatic rings. The Kier molecular flexibility index (Phi) is 4.75. The van der Waals surface area contributed by atoms with Crippen molar-refractivity contribution in [2.24, 2.45) is 5.73 Å². The van der Waals surface area contributed by atoms with E-state index in [-0.39, 0.29) is 0 Å². The number of nitrogens with zero attached hydrogens (tertiary/aromatic N) is 4. The number of benzene rings is 1. The number of rotatable bonds is 5. The molecule has 0 unspecified atom stereocenters. The lowest BCUT2D eigenvalue weighted by atomic mass is 10.2. The number of hydrogen-bond acceptors (Lipinski definition) is 5. The Morgan fingerprint density at radius 2 is 2.06 bits per heavy atom. The molecule has 2 rings (SSSR count). The number of aromatic nitrogens is 4. The zero-order valence-electron chi connectivity index (χ0n) is 9.08. The molecule has 0 amide bonds. The molecule has 1 aromatic carbocycles. The first-order valence-corrected chi connectivity index (χ1v) is 7.19. The van der Waals surface area contributed by atoms with E-state index in [0.717, 1.165) is 10.9 Å². The van der Waals surface area contributed by atoms with Crippen molar-refractivity contribution in [2.45, 2.75) is 17.5 Å². The van der Waals surface area contributed by atoms with E-state index in [2.05, 4.69) is 62.4 Å². The van der Waals surface area contributed by atoms with E-state index in [1.54, 1.807) is 16.4 Å². The third-order valence-electron chi connectivity index (χ3n) is 2.12. The number of hydrogen-bond donors (Lipinski definition) is 1. The molecule has 2 N–H and O–H groups in total. The maximum absolute atomic E-state index is 5.49. The van der Waals surface area contributed by atoms with Crippen molar-refractivity contribution in [3.63, 3.8) is 0 Å². The molecule has 0 radical (unpaired) electrons. The summed E-state index contributed by atoms with van der Waals surface area (Å²) in [6, 6.07) is 8.43. The van der Waals surface area contributed by atoms with Crippen LogP contribution < -0.4 is 5.73 Å². The Morgan fingerprint density at radius 1 is 1.29 bits per heavy atom. The monoisotopic (exact) mass is 361 g/mol. The predicted octanol–water partition coefficient (Wildman–Crippen LogP) is 1.53. The molecule has 0 aliphatic carbocycles. The lowest BCUT2D eigenvalue weighted by Gasteiger charge is -2.02. The van der Waals surface area contributed by atoms with Gasteiger partial charge in [-0.3, -0.25) is 0 Å². The number of nitrogens with two attached hydrogens (primary N) is 1. The van der Waals surface area contributed by atoms with Crippen molar-refractivity contribution in [2.75, 3.05) is 6.54 Å². The second-order valence-corrected chi connectivity index (χ2v) is 5.58. The molecule has 1 aromatic heterocycles. The minimum Gasteiger partial charge on any atom is -0.329 e. The summed E-state index contributed by atoms with van der Waals surface area (Å²) in [7, 11) is 0. The first kappa shape index (κ1) is 12.8. The number of halogens is 1. The Bertz CT molecular complexity index is 470. The zero-order valence-corrected chi connectivity index (χ0v) is 12.1. The van der Waals surface area contributed by atoms with E-state index >= 15 is 0 Å². The maximum Gasteiger partial charge on any atom is 0.209 e. The van der Waals surface area contributed by atoms with Gasteiger partial charge in [0.15, 0.2) is 0 Å². The van der Waals surface area contributed by atoms with Gasteiger partial charge in [0.05, 0.1) is 6.54 Å². The van der Waals surface area contributed by atoms with Gasteiger partial charge in [0.25, 0.3) is 0 Å². The van der Waals surface area contributed by atoms with Gasteiger partial charge in [-0.2, -0.15) is 0 Å². The second kappa shape index (κ2) is 6.31. The van der Waals surface area contributed by atoms with Gasteiger partial charge in [0, 0.05) is 15.9 Å². The van der Waals surface area contributed by atoms with Crippen molar-refractivity contribution < 1.29 is 0 Å². The maximum atomic E-state index is 5.49. The van der Waals surface area contributed by atoms with Crippen molar-refractivity contribution in [3.05, 3.63) is 33.4 Å². The van der Waals surface area contributed by atoms with Crippen molar-refractivity contribution in [1.29, 1.82) is 0 Å². The molecular weight excluding hydrogens is 349 g/mol. The summed E-state index contributed by atoms with van der Waals surface area (Å²) in [5.41, 5.74) is 6.75. The van der Waals surface area contributed by atoms with E-state index in [1.165, 1.54) is 9.13 Å². The standard InChI is InChI=1S/C10H12IN5S/c11-9-3-1-8(2-4-9)7-17-10-13-14-15-16(10)6-5-12/h1-4H,5-7,12H2. The highest BCUT2D eigenvalue weighted by Crippen LogP contribution is 2.20. The fourth-order valence-corrected chi connectivity index (χ4v) is 2.51. The molecule has 0 bridgehead atoms. The summed E-state index contributed by atoms with van der Waals surface area (Å²) in [4.78, 5) is 0. The van der Waals surface area contributed by atoms with E-state index in [9.17, 15) is 0 Å². The summed E-state index contributed by atoms with van der Waals surface area (Å²) < 4.78 is 2.97. The largest absolute Gasteiger partial charge is 0.329 e. The van der Waals surface area contributed by atoms with Crippen molar-refractivity contribution in [3.8, 4) is 0 Å². The highest BCUT2D eigenvalue weighted by molar-refractivity contribution is 14.1. The van der Waals surface area contributed by atoms with Crippen LogP contribution in [0.1, 0.15) is 5.56 Å². The molecule has 7 heteroatoms. The van der Waals surface area contributed by atoms with Crippen LogP contribution in [0.15, 0.2) is 29.4 Å². The van der Waals surface area contributed by atoms with Crippen LogP contribution in [0.25, 0.3) is 0 Å². The van der Waals surface area contributed by atoms with Gasteiger partial charge in [-0.05, 0) is 50.7 Å². The van der Waals surface area contributed by atoms with E-state index in [1.807, 2.05) is 0 Å². The highest BCUT2D eigenvalue weighted by atomic mass is 127. The lowest BCUT2D eigenvalue weighted by molar-refractivity contribution is 0.557. The van der Waals surface area contributed by atoms with E-state index < -0.39 is 0 Å². The molecule has 17 heavy (non-hydrogen) atoms. The Labute approximate surface area is 117 Å². The van der Waals surface area contributed by atoms with Crippen molar-refractivity contribution in [1.82, 2.24) is 20.2 Å². The molecule has 1 heterocycles. The minimum atomic E-state index is 0.544. The van der Waals surface area contributed by atoms with Crippen LogP contribution in [0, 0.1) is 3.57 Å². The summed E-state index contributed by atoms with van der Waals surface area (Å²) in [6.45, 7) is 1.20. The van der Waals surface area contributed by atoms with Crippen LogP contribution in [0.2, 0.25) is 0 Å². The molecule has 0 saturated heterocycles. The third-order valence-corrected chi connectivity index (χ3v) is 3.87. The summed E-state index contributed by atoms with van der Waals surface area (Å²) in [5.74, 6) is 0.863. The van der Waals surface area contributed by atoms with E-state index in [4.69, 9.17) is 5.73 Å². The summed E-state index contributed by atoms with van der Waals surface area (Å²) in [5, 5.41) is 12.3. The van der Waals surface area contributed by atoms with Crippen LogP contribution >= 0.6 is 34.4 Å². The highest BCUT2D eigenvalue weighted by Gasteiger charge is 2.05. The Balaban J connectivity index is 1.97. The predicted molar refractivity (Wildman–Crippen MR) is 75.6 cm³/mol. The van der Waals surface area contributed by atoms with E-state index in [0.29, 0.717) is 13.1 Å².